The fourth-order valence-corrected chi connectivity index (χ4v) is 4.44. The molecule has 5 rings (SSSR count). The summed E-state index contributed by atoms with van der Waals surface area (Å²) < 4.78 is 0. The van der Waals surface area contributed by atoms with Crippen LogP contribution in [0.3, 0.4) is 0 Å². The van der Waals surface area contributed by atoms with Crippen molar-refractivity contribution >= 4 is 35.0 Å². The molecule has 1 saturated heterocycles. The van der Waals surface area contributed by atoms with Crippen LogP contribution < -0.4 is 10.2 Å². The first kappa shape index (κ1) is 22.5. The number of hydrogen-bond donors (Lipinski definition) is 1. The maximum atomic E-state index is 12.9. The van der Waals surface area contributed by atoms with Gasteiger partial charge in [-0.2, -0.15) is 0 Å². The lowest BCUT2D eigenvalue weighted by molar-refractivity contribution is -0.130. The minimum atomic E-state index is -0.0496. The van der Waals surface area contributed by atoms with Crippen LogP contribution in [0, 0.1) is 0 Å². The Morgan fingerprint density at radius 2 is 1.63 bits per heavy atom. The van der Waals surface area contributed by atoms with E-state index in [1.54, 1.807) is 47.0 Å². The van der Waals surface area contributed by atoms with Crippen LogP contribution in [0.5, 0.6) is 0 Å². The third kappa shape index (κ3) is 4.44. The lowest BCUT2D eigenvalue weighted by Crippen LogP contribution is -2.50. The van der Waals surface area contributed by atoms with Crippen LogP contribution in [0.2, 0.25) is 0 Å². The molecule has 9 heteroatoms. The van der Waals surface area contributed by atoms with E-state index in [-0.39, 0.29) is 24.1 Å². The maximum absolute atomic E-state index is 12.9. The Morgan fingerprint density at radius 3 is 2.34 bits per heavy atom. The number of para-hydroxylation sites is 1. The highest BCUT2D eigenvalue weighted by molar-refractivity contribution is 6.01. The highest BCUT2D eigenvalue weighted by Gasteiger charge is 2.25. The predicted molar refractivity (Wildman–Crippen MR) is 132 cm³/mol. The van der Waals surface area contributed by atoms with E-state index in [1.165, 1.54) is 0 Å². The molecule has 178 valence electrons. The van der Waals surface area contributed by atoms with Crippen LogP contribution >= 0.6 is 0 Å². The molecule has 2 aliphatic heterocycles. The number of anilines is 3. The summed E-state index contributed by atoms with van der Waals surface area (Å²) in [5.74, 6) is 0.388. The summed E-state index contributed by atoms with van der Waals surface area (Å²) in [7, 11) is 1.77. The number of hydrogen-bond acceptors (Lipinski definition) is 6. The molecule has 0 saturated carbocycles. The average molecular weight is 471 g/mol. The first-order valence-corrected chi connectivity index (χ1v) is 11.5. The molecular formula is C26H26N6O3. The van der Waals surface area contributed by atoms with Gasteiger partial charge in [-0.15, -0.1) is 0 Å². The lowest BCUT2D eigenvalue weighted by Gasteiger charge is -2.34. The molecule has 1 fully saturated rings. The Kier molecular flexibility index (Phi) is 5.90. The SMILES string of the molecule is CC(=O)N1CCN(C(=O)c2ccc(Nc3ncc4c(n3)-c3ccccc3N(C)C(=O)C4)cc2)CC1. The summed E-state index contributed by atoms with van der Waals surface area (Å²) in [6.45, 7) is 3.72. The third-order valence-electron chi connectivity index (χ3n) is 6.50. The van der Waals surface area contributed by atoms with Crippen molar-refractivity contribution in [3.8, 4) is 11.3 Å². The van der Waals surface area contributed by atoms with E-state index in [1.807, 2.05) is 36.4 Å². The van der Waals surface area contributed by atoms with Gasteiger partial charge >= 0.3 is 0 Å². The Hall–Kier alpha value is -4.27. The number of rotatable bonds is 3. The minimum absolute atomic E-state index is 0.0107. The molecule has 9 nitrogen and oxygen atoms in total. The summed E-state index contributed by atoms with van der Waals surface area (Å²) in [5, 5.41) is 3.20. The quantitative estimate of drug-likeness (QED) is 0.632. The van der Waals surface area contributed by atoms with Gasteiger partial charge < -0.3 is 20.0 Å². The van der Waals surface area contributed by atoms with Crippen LogP contribution in [0.1, 0.15) is 22.8 Å². The van der Waals surface area contributed by atoms with Crippen molar-refractivity contribution in [2.75, 3.05) is 43.4 Å². The zero-order chi connectivity index (χ0) is 24.5. The fourth-order valence-electron chi connectivity index (χ4n) is 4.44. The van der Waals surface area contributed by atoms with Crippen LogP contribution in [0.4, 0.5) is 17.3 Å². The Balaban J connectivity index is 1.32. The van der Waals surface area contributed by atoms with Crippen molar-refractivity contribution in [3.63, 3.8) is 0 Å². The highest BCUT2D eigenvalue weighted by atomic mass is 16.2. The number of amides is 3. The summed E-state index contributed by atoms with van der Waals surface area (Å²) >= 11 is 0. The van der Waals surface area contributed by atoms with Crippen LogP contribution in [-0.4, -0.2) is 70.7 Å². The third-order valence-corrected chi connectivity index (χ3v) is 6.50. The van der Waals surface area contributed by atoms with Gasteiger partial charge in [0.15, 0.2) is 0 Å². The number of likely N-dealkylation sites (N-methyl/N-ethyl adjacent to an activating group) is 1. The summed E-state index contributed by atoms with van der Waals surface area (Å²) in [6.07, 6.45) is 1.93. The smallest absolute Gasteiger partial charge is 0.253 e. The molecule has 3 amide bonds. The molecule has 1 N–H and O–H groups in total. The number of carbonyl (C=O) groups is 3. The largest absolute Gasteiger partial charge is 0.339 e. The number of aromatic nitrogens is 2. The van der Waals surface area contributed by atoms with E-state index in [9.17, 15) is 14.4 Å². The molecule has 0 radical (unpaired) electrons. The molecule has 2 aromatic carbocycles. The Morgan fingerprint density at radius 1 is 0.943 bits per heavy atom. The van der Waals surface area contributed by atoms with Crippen molar-refractivity contribution in [1.29, 1.82) is 0 Å². The second-order valence-corrected chi connectivity index (χ2v) is 8.71. The van der Waals surface area contributed by atoms with E-state index in [0.29, 0.717) is 37.7 Å². The lowest BCUT2D eigenvalue weighted by atomic mass is 10.1. The second-order valence-electron chi connectivity index (χ2n) is 8.71. The molecule has 3 aromatic rings. The molecular weight excluding hydrogens is 444 g/mol. The van der Waals surface area contributed by atoms with Crippen LogP contribution in [0.25, 0.3) is 11.3 Å². The molecule has 0 unspecified atom stereocenters. The van der Waals surface area contributed by atoms with Gasteiger partial charge in [-0.25, -0.2) is 9.97 Å². The van der Waals surface area contributed by atoms with Gasteiger partial charge in [-0.05, 0) is 30.3 Å². The van der Waals surface area contributed by atoms with Gasteiger partial charge in [0.25, 0.3) is 5.91 Å². The van der Waals surface area contributed by atoms with E-state index in [2.05, 4.69) is 10.3 Å². The zero-order valence-electron chi connectivity index (χ0n) is 19.7. The minimum Gasteiger partial charge on any atom is -0.339 e. The molecule has 0 aliphatic carbocycles. The number of nitrogens with one attached hydrogen (secondary N) is 1. The monoisotopic (exact) mass is 470 g/mol. The van der Waals surface area contributed by atoms with Crippen molar-refractivity contribution in [3.05, 3.63) is 65.9 Å². The van der Waals surface area contributed by atoms with Crippen LogP contribution in [0.15, 0.2) is 54.7 Å². The van der Waals surface area contributed by atoms with Crippen molar-refractivity contribution in [2.45, 2.75) is 13.3 Å². The number of benzene rings is 2. The molecule has 3 heterocycles. The average Bonchev–Trinajstić information content (AvgIpc) is 2.98. The summed E-state index contributed by atoms with van der Waals surface area (Å²) in [5.41, 5.74) is 4.54. The van der Waals surface area contributed by atoms with Gasteiger partial charge in [-0.3, -0.25) is 14.4 Å². The number of nitrogens with zero attached hydrogens (tertiary/aromatic N) is 5. The maximum Gasteiger partial charge on any atom is 0.253 e. The van der Waals surface area contributed by atoms with Gasteiger partial charge in [-0.1, -0.05) is 18.2 Å². The van der Waals surface area contributed by atoms with Crippen molar-refractivity contribution < 1.29 is 14.4 Å². The van der Waals surface area contributed by atoms with E-state index in [4.69, 9.17) is 4.98 Å². The van der Waals surface area contributed by atoms with Gasteiger partial charge in [0, 0.05) is 68.7 Å². The first-order chi connectivity index (χ1) is 16.9. The zero-order valence-corrected chi connectivity index (χ0v) is 19.7. The number of piperazine rings is 1. The van der Waals surface area contributed by atoms with Gasteiger partial charge in [0.1, 0.15) is 0 Å². The molecule has 0 bridgehead atoms. The van der Waals surface area contributed by atoms with Gasteiger partial charge in [0.2, 0.25) is 17.8 Å². The molecule has 35 heavy (non-hydrogen) atoms. The Bertz CT molecular complexity index is 1300. The highest BCUT2D eigenvalue weighted by Crippen LogP contribution is 2.35. The predicted octanol–water partition coefficient (Wildman–Crippen LogP) is 2.71. The van der Waals surface area contributed by atoms with Gasteiger partial charge in [0.05, 0.1) is 17.8 Å². The normalized spacial score (nSPS) is 15.3. The van der Waals surface area contributed by atoms with E-state index < -0.39 is 0 Å². The molecule has 0 atom stereocenters. The summed E-state index contributed by atoms with van der Waals surface area (Å²) in [6, 6.07) is 14.9. The topological polar surface area (TPSA) is 98.7 Å². The fraction of sp³-hybridized carbons (Fsp3) is 0.269. The van der Waals surface area contributed by atoms with E-state index in [0.717, 1.165) is 28.2 Å². The first-order valence-electron chi connectivity index (χ1n) is 11.5. The number of carbonyl (C=O) groups excluding carboxylic acids is 3. The summed E-state index contributed by atoms with van der Waals surface area (Å²) in [4.78, 5) is 51.2. The van der Waals surface area contributed by atoms with E-state index >= 15 is 0 Å². The number of fused-ring (bicyclic) bond motifs is 3. The Labute approximate surface area is 203 Å². The van der Waals surface area contributed by atoms with Crippen molar-refractivity contribution in [1.82, 2.24) is 19.8 Å². The van der Waals surface area contributed by atoms with Crippen molar-refractivity contribution in [2.24, 2.45) is 0 Å². The molecule has 1 aromatic heterocycles. The second kappa shape index (κ2) is 9.17. The molecule has 2 aliphatic rings. The molecule has 0 spiro atoms. The van der Waals surface area contributed by atoms with Crippen LogP contribution in [-0.2, 0) is 16.0 Å². The standard InChI is InChI=1S/C26H26N6O3/c1-17(33)31-11-13-32(14-12-31)25(35)18-7-9-20(10-8-18)28-26-27-16-19-15-23(34)30(2)22-6-4-3-5-21(22)24(19)29-26/h3-10,16H,11-15H2,1-2H3,(H,27,28,29).